The molecule has 0 aromatic rings. The van der Waals surface area contributed by atoms with Gasteiger partial charge in [-0.05, 0) is 107 Å². The lowest BCUT2D eigenvalue weighted by Gasteiger charge is -2.73. The maximum atomic E-state index is 15.4. The molecule has 57 heavy (non-hydrogen) atoms. The molecule has 0 amide bonds. The van der Waals surface area contributed by atoms with Crippen molar-refractivity contribution >= 4 is 11.5 Å². The van der Waals surface area contributed by atoms with Crippen LogP contribution in [0.2, 0.25) is 0 Å². The van der Waals surface area contributed by atoms with Gasteiger partial charge in [0.1, 0.15) is 6.10 Å². The van der Waals surface area contributed by atoms with Gasteiger partial charge in [0, 0.05) is 34.6 Å². The molecule has 9 rings (SSSR count). The van der Waals surface area contributed by atoms with E-state index in [4.69, 9.17) is 15.5 Å². The number of allylic oxidation sites excluding steroid dienone is 4. The third-order valence-corrected chi connectivity index (χ3v) is 18.1. The molecule has 2 bridgehead atoms. The highest BCUT2D eigenvalue weighted by molar-refractivity contribution is 6.43. The standard InChI is InChI=1S/C46H73N3O8/c1-6-7-8-9-10-28-24-57-38(27(28)3)40(54)42(5,55)34-14-16-46(56)39-36(49-22-26(2)50)37(53)31-19-32(51)33(52)21-44(31)25-43(30-11-12-35(47)48-23-30)15-13-29(20-41(34,46)4)45(39,44)18-17-43/h13,15,17-18,26-35,38-40,48,50-52,54-56H,6-12,14,16,19-25,47H2,1-5H3/t26-,27-,28-,29?,30?,31-,32+,33-,34+,35?,38+,39-,40+,41+,42+,43-,44+,45-,46-/m0/s1. The van der Waals surface area contributed by atoms with E-state index in [9.17, 15) is 30.6 Å². The summed E-state index contributed by atoms with van der Waals surface area (Å²) in [7, 11) is 0. The van der Waals surface area contributed by atoms with Gasteiger partial charge >= 0.3 is 0 Å². The summed E-state index contributed by atoms with van der Waals surface area (Å²) in [6.07, 6.45) is 14.1. The Balaban J connectivity index is 1.24. The van der Waals surface area contributed by atoms with Crippen LogP contribution in [0.15, 0.2) is 29.3 Å². The fourth-order valence-electron chi connectivity index (χ4n) is 15.1. The van der Waals surface area contributed by atoms with E-state index in [0.717, 1.165) is 25.7 Å². The monoisotopic (exact) mass is 796 g/mol. The molecule has 11 heteroatoms. The fourth-order valence-corrected chi connectivity index (χ4v) is 15.1. The maximum Gasteiger partial charge on any atom is 0.180 e. The molecule has 320 valence electrons. The van der Waals surface area contributed by atoms with Crippen LogP contribution in [0.3, 0.4) is 0 Å². The Hall–Kier alpha value is -1.54. The van der Waals surface area contributed by atoms with Gasteiger partial charge in [-0.2, -0.15) is 0 Å². The zero-order chi connectivity index (χ0) is 40.9. The number of aliphatic hydroxyl groups excluding tert-OH is 4. The number of ketones is 1. The van der Waals surface area contributed by atoms with Crippen molar-refractivity contribution in [1.29, 1.82) is 0 Å². The molecule has 0 aromatic carbocycles. The van der Waals surface area contributed by atoms with Gasteiger partial charge in [-0.25, -0.2) is 0 Å². The van der Waals surface area contributed by atoms with Crippen molar-refractivity contribution in [3.8, 4) is 0 Å². The van der Waals surface area contributed by atoms with Gasteiger partial charge in [0.2, 0.25) is 0 Å². The van der Waals surface area contributed by atoms with Crippen LogP contribution in [0.5, 0.6) is 0 Å². The zero-order valence-corrected chi connectivity index (χ0v) is 35.2. The topological polar surface area (TPSA) is 198 Å². The first-order valence-corrected chi connectivity index (χ1v) is 22.7. The van der Waals surface area contributed by atoms with Gasteiger partial charge in [-0.1, -0.05) is 70.8 Å². The van der Waals surface area contributed by atoms with E-state index >= 15 is 4.79 Å². The quantitative estimate of drug-likeness (QED) is 0.113. The second-order valence-corrected chi connectivity index (χ2v) is 21.0. The van der Waals surface area contributed by atoms with Crippen LogP contribution in [0.1, 0.15) is 118 Å². The first kappa shape index (κ1) is 42.2. The second-order valence-electron chi connectivity index (χ2n) is 21.0. The number of nitrogens with one attached hydrogen (secondary N) is 1. The Morgan fingerprint density at radius 2 is 1.86 bits per heavy atom. The zero-order valence-electron chi connectivity index (χ0n) is 35.2. The van der Waals surface area contributed by atoms with Crippen LogP contribution in [-0.4, -0.2) is 110 Å². The predicted octanol–water partition coefficient (Wildman–Crippen LogP) is 3.81. The summed E-state index contributed by atoms with van der Waals surface area (Å²) in [5, 5.41) is 75.9. The van der Waals surface area contributed by atoms with E-state index in [1.54, 1.807) is 13.8 Å². The molecule has 2 spiro atoms. The van der Waals surface area contributed by atoms with Crippen molar-refractivity contribution in [2.45, 2.75) is 166 Å². The number of carbonyl (C=O) groups is 1. The molecule has 2 aliphatic heterocycles. The summed E-state index contributed by atoms with van der Waals surface area (Å²) in [6, 6.07) is 0. The summed E-state index contributed by atoms with van der Waals surface area (Å²) in [6.45, 7) is 11.0. The third-order valence-electron chi connectivity index (χ3n) is 18.1. The SMILES string of the molecule is CCCCCC[C@H]1CO[C@@H]([C@@H](O)[C@](C)(O)[C@@H]2CC[C@]3(O)[C@H]4C(=NC[C@H](C)O)C(=O)[C@@H]5C[C@@H](O)[C@@H](O)C[C@@]56C[C@]5(C7CCC(N)NC7)C=CC(C[C@]23C)[C@@]46C=C5)[C@H]1C. The van der Waals surface area contributed by atoms with E-state index < -0.39 is 81.1 Å². The number of ether oxygens (including phenoxy) is 1. The number of nitrogens with zero attached hydrogens (tertiary/aromatic N) is 1. The summed E-state index contributed by atoms with van der Waals surface area (Å²) in [5.74, 6) is -1.87. The molecule has 2 saturated heterocycles. The van der Waals surface area contributed by atoms with E-state index in [2.05, 4.69) is 50.4 Å². The van der Waals surface area contributed by atoms with Crippen molar-refractivity contribution in [1.82, 2.24) is 5.32 Å². The Kier molecular flexibility index (Phi) is 11.0. The number of aliphatic imine (C=N–C) groups is 1. The lowest BCUT2D eigenvalue weighted by Crippen LogP contribution is -2.77. The molecule has 4 saturated carbocycles. The minimum atomic E-state index is -1.63. The van der Waals surface area contributed by atoms with Crippen LogP contribution in [-0.2, 0) is 9.53 Å². The van der Waals surface area contributed by atoms with Crippen molar-refractivity contribution in [3.05, 3.63) is 24.3 Å². The highest BCUT2D eigenvalue weighted by atomic mass is 16.5. The van der Waals surface area contributed by atoms with Gasteiger partial charge in [0.15, 0.2) is 5.78 Å². The first-order chi connectivity index (χ1) is 26.9. The van der Waals surface area contributed by atoms with Gasteiger partial charge in [0.05, 0.1) is 60.6 Å². The first-order valence-electron chi connectivity index (χ1n) is 22.7. The molecule has 9 N–H and O–H groups in total. The van der Waals surface area contributed by atoms with Crippen molar-refractivity contribution in [3.63, 3.8) is 0 Å². The van der Waals surface area contributed by atoms with Gasteiger partial charge < -0.3 is 46.4 Å². The number of unbranched alkanes of at least 4 members (excludes halogenated alkanes) is 3. The molecule has 19 atom stereocenters. The molecule has 6 fully saturated rings. The van der Waals surface area contributed by atoms with Crippen molar-refractivity contribution in [2.75, 3.05) is 19.7 Å². The number of nitrogens with two attached hydrogens (primary N) is 1. The Morgan fingerprint density at radius 3 is 2.56 bits per heavy atom. The molecule has 0 radical (unpaired) electrons. The van der Waals surface area contributed by atoms with Crippen molar-refractivity contribution < 1.29 is 40.2 Å². The molecular weight excluding hydrogens is 723 g/mol. The summed E-state index contributed by atoms with van der Waals surface area (Å²) in [4.78, 5) is 20.3. The molecule has 2 heterocycles. The van der Waals surface area contributed by atoms with E-state index in [1.165, 1.54) is 19.3 Å². The van der Waals surface area contributed by atoms with Crippen LogP contribution in [0.25, 0.3) is 0 Å². The van der Waals surface area contributed by atoms with Gasteiger partial charge in [-0.3, -0.25) is 9.79 Å². The molecular formula is C46H73N3O8. The highest BCUT2D eigenvalue weighted by Gasteiger charge is 2.82. The van der Waals surface area contributed by atoms with Gasteiger partial charge in [-0.15, -0.1) is 0 Å². The molecule has 9 aliphatic rings. The van der Waals surface area contributed by atoms with Crippen LogP contribution < -0.4 is 11.1 Å². The minimum absolute atomic E-state index is 0.0100. The van der Waals surface area contributed by atoms with Crippen LogP contribution in [0.4, 0.5) is 0 Å². The van der Waals surface area contributed by atoms with Crippen molar-refractivity contribution in [2.24, 2.45) is 73.8 Å². The summed E-state index contributed by atoms with van der Waals surface area (Å²) in [5.41, 5.74) is 0.350. The second kappa shape index (κ2) is 14.8. The van der Waals surface area contributed by atoms with Gasteiger partial charge in [0.25, 0.3) is 0 Å². The average molecular weight is 796 g/mol. The summed E-state index contributed by atoms with van der Waals surface area (Å²) >= 11 is 0. The van der Waals surface area contributed by atoms with E-state index in [1.807, 2.05) is 0 Å². The maximum absolute atomic E-state index is 15.4. The number of rotatable bonds is 11. The lowest BCUT2D eigenvalue weighted by molar-refractivity contribution is -0.256. The Labute approximate surface area is 340 Å². The molecule has 3 unspecified atom stereocenters. The lowest BCUT2D eigenvalue weighted by atomic mass is 9.30. The number of Topliss-reactive ketones (excluding diaryl/α,β-unsaturated/α-hetero) is 1. The molecule has 11 nitrogen and oxygen atoms in total. The smallest absolute Gasteiger partial charge is 0.180 e. The summed E-state index contributed by atoms with van der Waals surface area (Å²) < 4.78 is 6.34. The number of aliphatic hydroxyl groups is 6. The average Bonchev–Trinajstić information content (AvgIpc) is 3.57. The number of piperidine rings is 1. The largest absolute Gasteiger partial charge is 0.391 e. The third kappa shape index (κ3) is 6.04. The molecule has 0 aromatic heterocycles. The highest BCUT2D eigenvalue weighted by Crippen LogP contribution is 2.80. The predicted molar refractivity (Wildman–Crippen MR) is 218 cm³/mol. The fraction of sp³-hybridized carbons (Fsp3) is 0.870. The number of fused-ring (bicyclic) bond motifs is 2. The van der Waals surface area contributed by atoms with E-state index in [-0.39, 0.29) is 61.2 Å². The minimum Gasteiger partial charge on any atom is -0.391 e. The van der Waals surface area contributed by atoms with Crippen LogP contribution in [0, 0.1) is 63.1 Å². The van der Waals surface area contributed by atoms with Crippen LogP contribution >= 0.6 is 0 Å². The number of hydrogen-bond acceptors (Lipinski definition) is 11. The van der Waals surface area contributed by atoms with E-state index in [0.29, 0.717) is 38.3 Å². The number of carbonyl (C=O) groups excluding carboxylic acids is 1. The Bertz CT molecular complexity index is 1630. The Morgan fingerprint density at radius 1 is 1.09 bits per heavy atom. The number of hydrogen-bond donors (Lipinski definition) is 8. The molecule has 7 aliphatic carbocycles. The normalized spacial score (nSPS) is 51.5.